The molecule has 2 rings (SSSR count). The van der Waals surface area contributed by atoms with Crippen molar-refractivity contribution in [2.75, 3.05) is 7.11 Å². The molecule has 98 valence electrons. The van der Waals surface area contributed by atoms with Gasteiger partial charge in [-0.3, -0.25) is 0 Å². The Bertz CT molecular complexity index is 502. The second kappa shape index (κ2) is 13.5. The van der Waals surface area contributed by atoms with Crippen molar-refractivity contribution in [3.63, 3.8) is 0 Å². The van der Waals surface area contributed by atoms with Crippen molar-refractivity contribution in [1.29, 1.82) is 0 Å². The van der Waals surface area contributed by atoms with Crippen molar-refractivity contribution >= 4 is 42.2 Å². The van der Waals surface area contributed by atoms with Gasteiger partial charge in [0.25, 0.3) is 0 Å². The molecule has 0 fully saturated rings. The van der Waals surface area contributed by atoms with Crippen LogP contribution >= 0.6 is 8.58 Å². The summed E-state index contributed by atoms with van der Waals surface area (Å²) in [5, 5.41) is 2.57. The van der Waals surface area contributed by atoms with Crippen molar-refractivity contribution in [3.05, 3.63) is 54.1 Å². The minimum Gasteiger partial charge on any atom is -1.00 e. The maximum atomic E-state index is 5.21. The molecule has 0 spiro atoms. The predicted molar refractivity (Wildman–Crippen MR) is 76.1 cm³/mol. The number of aryl methyl sites for hydroxylation is 1. The quantitative estimate of drug-likeness (QED) is 0.383. The first kappa shape index (κ1) is 25.7. The van der Waals surface area contributed by atoms with Crippen LogP contribution in [0.2, 0.25) is 0 Å². The summed E-state index contributed by atoms with van der Waals surface area (Å²) in [5.41, 5.74) is 1.30. The van der Waals surface area contributed by atoms with Crippen molar-refractivity contribution < 1.29 is 53.0 Å². The zero-order chi connectivity index (χ0) is 11.4. The number of hydrogen-bond donors (Lipinski definition) is 0. The second-order valence-electron chi connectivity index (χ2n) is 3.65. The van der Waals surface area contributed by atoms with Crippen LogP contribution in [0.25, 0.3) is 0 Å². The fraction of sp³-hybridized carbons (Fsp3) is 0.143. The first-order chi connectivity index (χ1) is 7.78. The first-order valence-corrected chi connectivity index (χ1v) is 6.10. The monoisotopic (exact) mass is 374 g/mol. The van der Waals surface area contributed by atoms with E-state index in [1.165, 1.54) is 24.8 Å². The number of methoxy groups -OCH3 is 1. The number of ether oxygens (including phenoxy) is 1. The molecular weight excluding hydrogens is 362 g/mol. The zero-order valence-electron chi connectivity index (χ0n) is 11.9. The van der Waals surface area contributed by atoms with Gasteiger partial charge in [-0.1, -0.05) is 42.0 Å². The molecule has 0 unspecified atom stereocenters. The number of rotatable bonds is 3. The van der Waals surface area contributed by atoms with Crippen LogP contribution < -0.4 is 63.6 Å². The van der Waals surface area contributed by atoms with E-state index in [0.717, 1.165) is 5.75 Å². The average molecular weight is 376 g/mol. The van der Waals surface area contributed by atoms with Crippen LogP contribution in [0.3, 0.4) is 0 Å². The molecule has 1 nitrogen and oxygen atoms in total. The number of halogens is 2. The molecule has 20 heavy (non-hydrogen) atoms. The summed E-state index contributed by atoms with van der Waals surface area (Å²) in [6, 6.07) is 16.8. The van der Waals surface area contributed by atoms with Crippen LogP contribution in [0.15, 0.2) is 48.5 Å². The van der Waals surface area contributed by atoms with Gasteiger partial charge in [-0.2, -0.15) is 10.6 Å². The minimum absolute atomic E-state index is 0. The van der Waals surface area contributed by atoms with Gasteiger partial charge in [0.1, 0.15) is 5.75 Å². The van der Waals surface area contributed by atoms with Gasteiger partial charge in [0.15, 0.2) is 0 Å². The summed E-state index contributed by atoms with van der Waals surface area (Å²) in [4.78, 5) is 0. The van der Waals surface area contributed by atoms with E-state index in [1.54, 1.807) is 7.11 Å². The number of benzene rings is 2. The summed E-state index contributed by atoms with van der Waals surface area (Å²) >= 11 is 0. The Morgan fingerprint density at radius 2 is 1.50 bits per heavy atom. The third-order valence-electron chi connectivity index (χ3n) is 2.31. The molecule has 0 bridgehead atoms. The van der Waals surface area contributed by atoms with Gasteiger partial charge in [0.2, 0.25) is 0 Å². The normalized spacial score (nSPS) is 8.70. The Morgan fingerprint density at radius 1 is 0.950 bits per heavy atom. The van der Waals surface area contributed by atoms with Crippen molar-refractivity contribution in [2.24, 2.45) is 0 Å². The molecule has 2 aromatic carbocycles. The van der Waals surface area contributed by atoms with E-state index in [-0.39, 0.29) is 71.3 Å². The fourth-order valence-electron chi connectivity index (χ4n) is 1.53. The van der Waals surface area contributed by atoms with Gasteiger partial charge in [0.05, 0.1) is 7.11 Å². The Morgan fingerprint density at radius 3 is 2.05 bits per heavy atom. The molecule has 0 amide bonds. The van der Waals surface area contributed by atoms with Crippen molar-refractivity contribution in [1.82, 2.24) is 0 Å². The Hall–Kier alpha value is 0.804. The molecule has 0 heterocycles. The fourth-order valence-corrected chi connectivity index (χ4v) is 2.61. The van der Waals surface area contributed by atoms with Gasteiger partial charge in [-0.05, 0) is 19.1 Å². The summed E-state index contributed by atoms with van der Waals surface area (Å²) in [5.74, 6) is 0.914. The van der Waals surface area contributed by atoms with Crippen LogP contribution in [0.1, 0.15) is 5.56 Å². The van der Waals surface area contributed by atoms with Crippen LogP contribution in [0.4, 0.5) is 0 Å². The molecule has 6 heteroatoms. The third-order valence-corrected chi connectivity index (χ3v) is 3.39. The van der Waals surface area contributed by atoms with Crippen LogP contribution in [-0.2, 0) is 0 Å². The topological polar surface area (TPSA) is 9.23 Å². The van der Waals surface area contributed by atoms with Gasteiger partial charge < -0.3 is 42.7 Å². The molecular formula is C14H14BrClLiMgOP. The molecule has 0 saturated carbocycles. The van der Waals surface area contributed by atoms with E-state index in [1.807, 2.05) is 12.1 Å². The zero-order valence-corrected chi connectivity index (χ0v) is 16.6. The van der Waals surface area contributed by atoms with E-state index in [4.69, 9.17) is 4.74 Å². The van der Waals surface area contributed by atoms with Crippen molar-refractivity contribution in [2.45, 2.75) is 6.92 Å². The van der Waals surface area contributed by atoms with E-state index in [2.05, 4.69) is 43.3 Å². The Kier molecular flexibility index (Phi) is 17.3. The van der Waals surface area contributed by atoms with Gasteiger partial charge >= 0.3 is 41.9 Å². The maximum Gasteiger partial charge on any atom is 2.00 e. The van der Waals surface area contributed by atoms with E-state index in [9.17, 15) is 0 Å². The average Bonchev–Trinajstić information content (AvgIpc) is 2.29. The smallest absolute Gasteiger partial charge is 1.00 e. The maximum absolute atomic E-state index is 5.21. The molecule has 2 aromatic rings. The molecule has 0 radical (unpaired) electrons. The first-order valence-electron chi connectivity index (χ1n) is 5.20. The second-order valence-corrected chi connectivity index (χ2v) is 4.91. The molecule has 0 aliphatic carbocycles. The van der Waals surface area contributed by atoms with Gasteiger partial charge in [-0.15, -0.1) is 0 Å². The van der Waals surface area contributed by atoms with Crippen LogP contribution in [0, 0.1) is 6.92 Å². The molecule has 0 aliphatic heterocycles. The summed E-state index contributed by atoms with van der Waals surface area (Å²) in [6.45, 7) is 2.12. The molecule has 0 atom stereocenters. The van der Waals surface area contributed by atoms with E-state index < -0.39 is 0 Å². The number of hydrogen-bond acceptors (Lipinski definition) is 1. The molecule has 0 N–H and O–H groups in total. The predicted octanol–water partition coefficient (Wildman–Crippen LogP) is -6.47. The van der Waals surface area contributed by atoms with Crippen molar-refractivity contribution in [3.8, 4) is 5.75 Å². The third kappa shape index (κ3) is 8.30. The van der Waals surface area contributed by atoms with Gasteiger partial charge in [-0.25, -0.2) is 0 Å². The Balaban J connectivity index is -0.000000722. The summed E-state index contributed by atoms with van der Waals surface area (Å²) in [7, 11) is 2.92. The van der Waals surface area contributed by atoms with Crippen LogP contribution in [0.5, 0.6) is 5.75 Å². The van der Waals surface area contributed by atoms with E-state index in [0.29, 0.717) is 0 Å². The molecule has 0 aliphatic rings. The standard InChI is InChI=1S/C14H14OP.BrH.ClH.Li.Mg/c1-11-5-3-7-13(9-11)16-14-8-4-6-12(10-14)15-2;;;;/h3-10H,1-2H3;2*1H;;/q-1;;;+1;+2/p-2. The van der Waals surface area contributed by atoms with Gasteiger partial charge in [0, 0.05) is 0 Å². The largest absolute Gasteiger partial charge is 2.00 e. The Labute approximate surface area is 167 Å². The SMILES string of the molecule is COc1cccc([P-]c2cccc(C)c2)c1.[Br-].[Cl-].[Li+].[Mg+2]. The summed E-state index contributed by atoms with van der Waals surface area (Å²) < 4.78 is 5.21. The molecule has 0 saturated heterocycles. The van der Waals surface area contributed by atoms with E-state index >= 15 is 0 Å². The van der Waals surface area contributed by atoms with Crippen LogP contribution in [-0.4, -0.2) is 30.2 Å². The minimum atomic E-state index is 0. The molecule has 0 aromatic heterocycles. The summed E-state index contributed by atoms with van der Waals surface area (Å²) in [6.07, 6.45) is 0.